The Morgan fingerprint density at radius 1 is 1.38 bits per heavy atom. The fraction of sp³-hybridized carbons (Fsp3) is 0.375. The van der Waals surface area contributed by atoms with Crippen LogP contribution in [-0.4, -0.2) is 45.0 Å². The molecule has 1 aromatic heterocycles. The zero-order valence-electron chi connectivity index (χ0n) is 14.1. The summed E-state index contributed by atoms with van der Waals surface area (Å²) in [4.78, 5) is 35.8. The number of rotatable bonds is 6. The molecule has 2 amide bonds. The molecule has 0 bridgehead atoms. The highest BCUT2D eigenvalue weighted by Crippen LogP contribution is 2.30. The Labute approximate surface area is 153 Å². The predicted molar refractivity (Wildman–Crippen MR) is 93.4 cm³/mol. The minimum atomic E-state index is -0.900. The molecule has 10 heteroatoms. The third-order valence-corrected chi connectivity index (χ3v) is 4.54. The van der Waals surface area contributed by atoms with Crippen molar-refractivity contribution >= 4 is 23.6 Å². The summed E-state index contributed by atoms with van der Waals surface area (Å²) in [5, 5.41) is 8.92. The Balaban J connectivity index is 1.52. The van der Waals surface area contributed by atoms with E-state index in [-0.39, 0.29) is 18.0 Å². The first kappa shape index (κ1) is 18.1. The maximum absolute atomic E-state index is 12.2. The SMILES string of the molecule is CCCn1c(SCC(=O)NC(=O)[C@H]2COc3ccccc3O2)n[nH]c1=O. The van der Waals surface area contributed by atoms with E-state index in [0.29, 0.717) is 23.2 Å². The first-order chi connectivity index (χ1) is 12.6. The lowest BCUT2D eigenvalue weighted by Crippen LogP contribution is -2.46. The van der Waals surface area contributed by atoms with Crippen molar-refractivity contribution in [3.05, 3.63) is 34.7 Å². The molecule has 1 aliphatic heterocycles. The number of ether oxygens (including phenoxy) is 2. The molecule has 1 aromatic carbocycles. The molecule has 0 fully saturated rings. The molecule has 0 unspecified atom stereocenters. The van der Waals surface area contributed by atoms with Gasteiger partial charge in [-0.05, 0) is 18.6 Å². The minimum absolute atomic E-state index is 0.0265. The van der Waals surface area contributed by atoms with E-state index in [2.05, 4.69) is 15.5 Å². The summed E-state index contributed by atoms with van der Waals surface area (Å²) in [6.07, 6.45) is -0.138. The average Bonchev–Trinajstić information content (AvgIpc) is 3.00. The number of nitrogens with one attached hydrogen (secondary N) is 2. The lowest BCUT2D eigenvalue weighted by atomic mass is 10.2. The summed E-state index contributed by atoms with van der Waals surface area (Å²) >= 11 is 1.08. The molecule has 138 valence electrons. The van der Waals surface area contributed by atoms with E-state index in [1.54, 1.807) is 24.3 Å². The molecule has 9 nitrogen and oxygen atoms in total. The largest absolute Gasteiger partial charge is 0.485 e. The van der Waals surface area contributed by atoms with Gasteiger partial charge in [-0.1, -0.05) is 30.8 Å². The number of H-pyrrole nitrogens is 1. The van der Waals surface area contributed by atoms with Crippen LogP contribution in [0.15, 0.2) is 34.2 Å². The smallest absolute Gasteiger partial charge is 0.343 e. The topological polar surface area (TPSA) is 115 Å². The molecule has 0 spiro atoms. The second kappa shape index (κ2) is 8.09. The van der Waals surface area contributed by atoms with Gasteiger partial charge in [0.05, 0.1) is 5.75 Å². The van der Waals surface area contributed by atoms with Gasteiger partial charge in [-0.15, -0.1) is 5.10 Å². The highest BCUT2D eigenvalue weighted by molar-refractivity contribution is 7.99. The number of hydrogen-bond acceptors (Lipinski definition) is 7. The second-order valence-corrected chi connectivity index (χ2v) is 6.47. The molecule has 0 aliphatic carbocycles. The van der Waals surface area contributed by atoms with Crippen molar-refractivity contribution in [3.63, 3.8) is 0 Å². The molecule has 2 heterocycles. The van der Waals surface area contributed by atoms with Crippen LogP contribution in [-0.2, 0) is 16.1 Å². The number of aromatic amines is 1. The lowest BCUT2D eigenvalue weighted by Gasteiger charge is -2.25. The van der Waals surface area contributed by atoms with E-state index in [0.717, 1.165) is 18.2 Å². The normalized spacial score (nSPS) is 15.5. The number of benzene rings is 1. The number of fused-ring (bicyclic) bond motifs is 1. The van der Waals surface area contributed by atoms with Crippen LogP contribution < -0.4 is 20.5 Å². The number of amides is 2. The summed E-state index contributed by atoms with van der Waals surface area (Å²) in [7, 11) is 0. The minimum Gasteiger partial charge on any atom is -0.485 e. The van der Waals surface area contributed by atoms with Crippen molar-refractivity contribution < 1.29 is 19.1 Å². The Morgan fingerprint density at radius 2 is 2.15 bits per heavy atom. The number of hydrogen-bond donors (Lipinski definition) is 2. The van der Waals surface area contributed by atoms with Gasteiger partial charge < -0.3 is 9.47 Å². The quantitative estimate of drug-likeness (QED) is 0.706. The van der Waals surface area contributed by atoms with Gasteiger partial charge in [-0.2, -0.15) is 0 Å². The summed E-state index contributed by atoms with van der Waals surface area (Å²) in [5.74, 6) is -0.102. The van der Waals surface area contributed by atoms with Gasteiger partial charge in [0, 0.05) is 6.54 Å². The van der Waals surface area contributed by atoms with Crippen LogP contribution >= 0.6 is 11.8 Å². The number of nitrogens with zero attached hydrogens (tertiary/aromatic N) is 2. The maximum Gasteiger partial charge on any atom is 0.343 e. The van der Waals surface area contributed by atoms with Crippen molar-refractivity contribution in [2.75, 3.05) is 12.4 Å². The fourth-order valence-electron chi connectivity index (χ4n) is 2.37. The molecule has 0 radical (unpaired) electrons. The Kier molecular flexibility index (Phi) is 5.61. The number of thioether (sulfide) groups is 1. The third kappa shape index (κ3) is 4.07. The van der Waals surface area contributed by atoms with Crippen LogP contribution in [0.2, 0.25) is 0 Å². The number of carbonyl (C=O) groups is 2. The Bertz CT molecular complexity index is 862. The van der Waals surface area contributed by atoms with Gasteiger partial charge >= 0.3 is 5.69 Å². The number of carbonyl (C=O) groups excluding carboxylic acids is 2. The van der Waals surface area contributed by atoms with Crippen molar-refractivity contribution in [2.24, 2.45) is 0 Å². The van der Waals surface area contributed by atoms with Crippen LogP contribution in [0.4, 0.5) is 0 Å². The molecule has 0 saturated carbocycles. The molecule has 26 heavy (non-hydrogen) atoms. The Hall–Kier alpha value is -2.75. The number of para-hydroxylation sites is 2. The van der Waals surface area contributed by atoms with E-state index in [1.807, 2.05) is 6.92 Å². The highest BCUT2D eigenvalue weighted by Gasteiger charge is 2.28. The average molecular weight is 378 g/mol. The number of aromatic nitrogens is 3. The van der Waals surface area contributed by atoms with Crippen molar-refractivity contribution in [1.29, 1.82) is 0 Å². The van der Waals surface area contributed by atoms with Crippen molar-refractivity contribution in [3.8, 4) is 11.5 Å². The highest BCUT2D eigenvalue weighted by atomic mass is 32.2. The fourth-order valence-corrected chi connectivity index (χ4v) is 3.14. The monoisotopic (exact) mass is 378 g/mol. The van der Waals surface area contributed by atoms with E-state index in [1.165, 1.54) is 4.57 Å². The van der Waals surface area contributed by atoms with E-state index >= 15 is 0 Å². The number of imide groups is 1. The van der Waals surface area contributed by atoms with Crippen molar-refractivity contribution in [1.82, 2.24) is 20.1 Å². The molecule has 3 rings (SSSR count). The molecule has 1 atom stereocenters. The third-order valence-electron chi connectivity index (χ3n) is 3.57. The standard InChI is InChI=1S/C16H18N4O5S/c1-2-7-20-15(23)18-19-16(20)26-9-13(21)17-14(22)12-8-24-10-5-3-4-6-11(10)25-12/h3-6,12H,2,7-9H2,1H3,(H,18,23)(H,17,21,22)/t12-/m1/s1. The lowest BCUT2D eigenvalue weighted by molar-refractivity contribution is -0.135. The van der Waals surface area contributed by atoms with Crippen LogP contribution in [0, 0.1) is 0 Å². The van der Waals surface area contributed by atoms with Gasteiger partial charge in [0.2, 0.25) is 12.0 Å². The van der Waals surface area contributed by atoms with E-state index in [4.69, 9.17) is 9.47 Å². The van der Waals surface area contributed by atoms with Crippen LogP contribution in [0.3, 0.4) is 0 Å². The predicted octanol–water partition coefficient (Wildman–Crippen LogP) is 0.556. The maximum atomic E-state index is 12.2. The molecule has 2 N–H and O–H groups in total. The van der Waals surface area contributed by atoms with E-state index in [9.17, 15) is 14.4 Å². The molecule has 1 aliphatic rings. The molecule has 2 aromatic rings. The van der Waals surface area contributed by atoms with Gasteiger partial charge in [-0.3, -0.25) is 19.5 Å². The molecule has 0 saturated heterocycles. The van der Waals surface area contributed by atoms with Crippen LogP contribution in [0.5, 0.6) is 11.5 Å². The first-order valence-corrected chi connectivity index (χ1v) is 9.07. The first-order valence-electron chi connectivity index (χ1n) is 8.08. The molecular weight excluding hydrogens is 360 g/mol. The van der Waals surface area contributed by atoms with Crippen molar-refractivity contribution in [2.45, 2.75) is 31.1 Å². The summed E-state index contributed by atoms with van der Waals surface area (Å²) < 4.78 is 12.5. The zero-order valence-corrected chi connectivity index (χ0v) is 14.9. The van der Waals surface area contributed by atoms with Gasteiger partial charge in [0.1, 0.15) is 6.61 Å². The Morgan fingerprint density at radius 3 is 2.92 bits per heavy atom. The summed E-state index contributed by atoms with van der Waals surface area (Å²) in [6.45, 7) is 2.47. The summed E-state index contributed by atoms with van der Waals surface area (Å²) in [5.41, 5.74) is -0.322. The second-order valence-electron chi connectivity index (χ2n) is 5.53. The zero-order chi connectivity index (χ0) is 18.5. The summed E-state index contributed by atoms with van der Waals surface area (Å²) in [6, 6.07) is 7.00. The van der Waals surface area contributed by atoms with Gasteiger partial charge in [-0.25, -0.2) is 9.89 Å². The van der Waals surface area contributed by atoms with Crippen LogP contribution in [0.25, 0.3) is 0 Å². The van der Waals surface area contributed by atoms with Gasteiger partial charge in [0.15, 0.2) is 16.7 Å². The van der Waals surface area contributed by atoms with Gasteiger partial charge in [0.25, 0.3) is 5.91 Å². The van der Waals surface area contributed by atoms with Crippen LogP contribution in [0.1, 0.15) is 13.3 Å². The van der Waals surface area contributed by atoms with E-state index < -0.39 is 17.9 Å². The molecular formula is C16H18N4O5S.